The Hall–Kier alpha value is -0.107. The van der Waals surface area contributed by atoms with Gasteiger partial charge in [-0.15, -0.1) is 0 Å². The fraction of sp³-hybridized carbons (Fsp3) is 0.182. The molecule has 0 amide bonds. The number of halogens is 2. The Morgan fingerprint density at radius 3 is 2.25 bits per heavy atom. The van der Waals surface area contributed by atoms with E-state index in [1.165, 1.54) is 0 Å². The quantitative estimate of drug-likeness (QED) is 0.641. The minimum atomic E-state index is -0.826. The monoisotopic (exact) mass is 335 g/mol. The number of benzene rings is 1. The van der Waals surface area contributed by atoms with Crippen molar-refractivity contribution in [3.63, 3.8) is 0 Å². The fourth-order valence-electron chi connectivity index (χ4n) is 0.955. The molecule has 0 saturated heterocycles. The molecular formula is C11H13Cl2NOZr. The summed E-state index contributed by atoms with van der Waals surface area (Å²) in [6, 6.07) is 9.40. The van der Waals surface area contributed by atoms with E-state index in [-0.39, 0.29) is 5.76 Å². The zero-order valence-corrected chi connectivity index (χ0v) is 13.1. The Bertz CT molecular complexity index is 352. The molecule has 1 N–H and O–H groups in total. The molecule has 1 rings (SSSR count). The van der Waals surface area contributed by atoms with Crippen molar-refractivity contribution in [1.82, 2.24) is 0 Å². The molecule has 1 aromatic rings. The van der Waals surface area contributed by atoms with Gasteiger partial charge in [0.2, 0.25) is 0 Å². The van der Waals surface area contributed by atoms with E-state index in [9.17, 15) is 5.11 Å². The molecule has 0 aliphatic heterocycles. The summed E-state index contributed by atoms with van der Waals surface area (Å²) in [4.78, 5) is 3.93. The van der Waals surface area contributed by atoms with Gasteiger partial charge in [-0.25, -0.2) is 0 Å². The third-order valence-electron chi connectivity index (χ3n) is 1.77. The van der Waals surface area contributed by atoms with Crippen LogP contribution in [0.2, 0.25) is 0 Å². The van der Waals surface area contributed by atoms with Crippen LogP contribution in [0.15, 0.2) is 41.4 Å². The minimum absolute atomic E-state index is 0.253. The zero-order chi connectivity index (χ0) is 12.4. The molecule has 86 valence electrons. The predicted octanol–water partition coefficient (Wildman–Crippen LogP) is 4.05. The van der Waals surface area contributed by atoms with Crippen LogP contribution in [0.1, 0.15) is 12.5 Å². The summed E-state index contributed by atoms with van der Waals surface area (Å²) >= 11 is -0.826. The van der Waals surface area contributed by atoms with E-state index >= 15 is 0 Å². The van der Waals surface area contributed by atoms with E-state index in [4.69, 9.17) is 17.0 Å². The van der Waals surface area contributed by atoms with E-state index in [1.807, 2.05) is 37.3 Å². The molecule has 2 nitrogen and oxygen atoms in total. The van der Waals surface area contributed by atoms with Crippen LogP contribution in [0.25, 0.3) is 5.76 Å². The van der Waals surface area contributed by atoms with E-state index in [2.05, 4.69) is 4.99 Å². The maximum atomic E-state index is 9.60. The zero-order valence-electron chi connectivity index (χ0n) is 9.11. The first-order chi connectivity index (χ1) is 7.65. The fourth-order valence-corrected chi connectivity index (χ4v) is 0.955. The molecule has 0 aliphatic rings. The van der Waals surface area contributed by atoms with Crippen molar-refractivity contribution in [2.75, 3.05) is 7.05 Å². The molecule has 0 unspecified atom stereocenters. The van der Waals surface area contributed by atoms with Gasteiger partial charge >= 0.3 is 37.9 Å². The Morgan fingerprint density at radius 1 is 1.31 bits per heavy atom. The molecule has 0 spiro atoms. The van der Waals surface area contributed by atoms with Gasteiger partial charge in [0.15, 0.2) is 0 Å². The molecule has 0 atom stereocenters. The number of aliphatic hydroxyl groups is 1. The average molecular weight is 337 g/mol. The SMILES string of the molecule is CN=C(C)/C=C(\O)c1ccccc1.[Cl][Zr][Cl]. The van der Waals surface area contributed by atoms with Crippen molar-refractivity contribution >= 4 is 28.5 Å². The normalized spacial score (nSPS) is 11.5. The summed E-state index contributed by atoms with van der Waals surface area (Å²) in [7, 11) is 11.6. The molecular weight excluding hydrogens is 324 g/mol. The Balaban J connectivity index is 0.000000673. The molecule has 0 aliphatic carbocycles. The molecule has 0 bridgehead atoms. The van der Waals surface area contributed by atoms with Crippen LogP contribution in [-0.4, -0.2) is 17.9 Å². The van der Waals surface area contributed by atoms with E-state index in [0.29, 0.717) is 0 Å². The van der Waals surface area contributed by atoms with Crippen LogP contribution in [0.4, 0.5) is 0 Å². The summed E-state index contributed by atoms with van der Waals surface area (Å²) in [5.74, 6) is 0.253. The van der Waals surface area contributed by atoms with Crippen molar-refractivity contribution < 1.29 is 26.0 Å². The summed E-state index contributed by atoms with van der Waals surface area (Å²) in [6.45, 7) is 1.85. The Morgan fingerprint density at radius 2 is 1.81 bits per heavy atom. The number of rotatable bonds is 2. The number of aliphatic imine (C=N–C) groups is 1. The molecule has 0 aromatic heterocycles. The molecule has 1 aromatic carbocycles. The molecule has 16 heavy (non-hydrogen) atoms. The molecule has 0 heterocycles. The Labute approximate surface area is 115 Å². The molecule has 5 heteroatoms. The van der Waals surface area contributed by atoms with Crippen LogP contribution < -0.4 is 0 Å². The van der Waals surface area contributed by atoms with Crippen molar-refractivity contribution in [3.05, 3.63) is 42.0 Å². The van der Waals surface area contributed by atoms with Gasteiger partial charge in [-0.05, 0) is 6.92 Å². The number of nitrogens with zero attached hydrogens (tertiary/aromatic N) is 1. The first-order valence-corrected chi connectivity index (χ1v) is 10.8. The topological polar surface area (TPSA) is 32.6 Å². The van der Waals surface area contributed by atoms with E-state index in [0.717, 1.165) is 11.3 Å². The second kappa shape index (κ2) is 10.1. The summed E-state index contributed by atoms with van der Waals surface area (Å²) in [5.41, 5.74) is 1.62. The standard InChI is InChI=1S/C11H13NO.2ClH.Zr/c1-9(12-2)8-11(13)10-6-4-3-5-7-10;;;/h3-8,13H,1-2H3;2*1H;/q;;;+2/p-2/b11-8-,12-9?;;;. The first-order valence-electron chi connectivity index (χ1n) is 4.51. The maximum absolute atomic E-state index is 9.60. The number of aliphatic hydroxyl groups excluding tert-OH is 1. The van der Waals surface area contributed by atoms with Crippen molar-refractivity contribution in [1.29, 1.82) is 0 Å². The second-order valence-electron chi connectivity index (χ2n) is 2.83. The Kier molecular flexibility index (Phi) is 10.0. The summed E-state index contributed by atoms with van der Waals surface area (Å²) in [5, 5.41) is 9.60. The van der Waals surface area contributed by atoms with Crippen LogP contribution in [0, 0.1) is 0 Å². The predicted molar refractivity (Wildman–Crippen MR) is 67.8 cm³/mol. The van der Waals surface area contributed by atoms with Gasteiger partial charge in [0.1, 0.15) is 5.76 Å². The molecule has 0 saturated carbocycles. The summed E-state index contributed by atoms with van der Waals surface area (Å²) in [6.07, 6.45) is 1.65. The van der Waals surface area contributed by atoms with Gasteiger partial charge in [0.05, 0.1) is 0 Å². The second-order valence-corrected chi connectivity index (χ2v) is 6.56. The molecule has 0 fully saturated rings. The molecule has 0 radical (unpaired) electrons. The van der Waals surface area contributed by atoms with Gasteiger partial charge < -0.3 is 5.11 Å². The van der Waals surface area contributed by atoms with E-state index < -0.39 is 20.8 Å². The average Bonchev–Trinajstić information content (AvgIpc) is 2.31. The first kappa shape index (κ1) is 15.9. The third kappa shape index (κ3) is 7.21. The van der Waals surface area contributed by atoms with Gasteiger partial charge in [0, 0.05) is 24.4 Å². The van der Waals surface area contributed by atoms with Crippen LogP contribution >= 0.6 is 17.0 Å². The number of hydrogen-bond acceptors (Lipinski definition) is 2. The van der Waals surface area contributed by atoms with Gasteiger partial charge in [-0.1, -0.05) is 30.3 Å². The third-order valence-corrected chi connectivity index (χ3v) is 1.77. The van der Waals surface area contributed by atoms with Crippen molar-refractivity contribution in [3.8, 4) is 0 Å². The van der Waals surface area contributed by atoms with Crippen LogP contribution in [0.5, 0.6) is 0 Å². The van der Waals surface area contributed by atoms with Crippen LogP contribution in [0.3, 0.4) is 0 Å². The van der Waals surface area contributed by atoms with Crippen molar-refractivity contribution in [2.24, 2.45) is 4.99 Å². The van der Waals surface area contributed by atoms with Crippen LogP contribution in [-0.2, 0) is 20.8 Å². The van der Waals surface area contributed by atoms with Crippen molar-refractivity contribution in [2.45, 2.75) is 6.92 Å². The van der Waals surface area contributed by atoms with Gasteiger partial charge in [-0.2, -0.15) is 0 Å². The van der Waals surface area contributed by atoms with Gasteiger partial charge in [0.25, 0.3) is 0 Å². The summed E-state index contributed by atoms with van der Waals surface area (Å²) < 4.78 is 0. The number of allylic oxidation sites excluding steroid dienone is 1. The number of hydrogen-bond donors (Lipinski definition) is 1. The van der Waals surface area contributed by atoms with Gasteiger partial charge in [-0.3, -0.25) is 4.99 Å². The van der Waals surface area contributed by atoms with E-state index in [1.54, 1.807) is 13.1 Å².